The SMILES string of the molecule is CC(Oc1ccc(C(=O)NCCN2CCN(C)CC2c2ccccc2)cn1)c1ccccc1. The van der Waals surface area contributed by atoms with Crippen LogP contribution in [0.15, 0.2) is 79.0 Å². The minimum absolute atomic E-state index is 0.112. The molecule has 4 rings (SSSR count). The third-order valence-corrected chi connectivity index (χ3v) is 6.13. The molecule has 6 nitrogen and oxygen atoms in total. The Morgan fingerprint density at radius 1 is 1.06 bits per heavy atom. The first-order chi connectivity index (χ1) is 16.1. The molecule has 6 heteroatoms. The molecule has 0 spiro atoms. The Bertz CT molecular complexity index is 1010. The second-order valence-corrected chi connectivity index (χ2v) is 8.54. The zero-order chi connectivity index (χ0) is 23.0. The quantitative estimate of drug-likeness (QED) is 0.570. The van der Waals surface area contributed by atoms with Crippen LogP contribution in [0.4, 0.5) is 0 Å². The Morgan fingerprint density at radius 3 is 2.48 bits per heavy atom. The molecule has 0 bridgehead atoms. The number of benzene rings is 2. The molecule has 1 aromatic heterocycles. The number of pyridine rings is 1. The molecule has 2 aromatic carbocycles. The van der Waals surface area contributed by atoms with Gasteiger partial charge in [-0.3, -0.25) is 9.69 Å². The largest absolute Gasteiger partial charge is 0.470 e. The van der Waals surface area contributed by atoms with Crippen LogP contribution in [0.3, 0.4) is 0 Å². The third kappa shape index (κ3) is 6.18. The van der Waals surface area contributed by atoms with Crippen molar-refractivity contribution in [2.24, 2.45) is 0 Å². The van der Waals surface area contributed by atoms with Gasteiger partial charge < -0.3 is 15.0 Å². The highest BCUT2D eigenvalue weighted by Gasteiger charge is 2.26. The summed E-state index contributed by atoms with van der Waals surface area (Å²) < 4.78 is 5.90. The molecule has 0 aliphatic carbocycles. The number of carbonyl (C=O) groups is 1. The van der Waals surface area contributed by atoms with Crippen molar-refractivity contribution in [2.45, 2.75) is 19.1 Å². The highest BCUT2D eigenvalue weighted by molar-refractivity contribution is 5.93. The van der Waals surface area contributed by atoms with Crippen molar-refractivity contribution in [1.29, 1.82) is 0 Å². The van der Waals surface area contributed by atoms with Crippen molar-refractivity contribution >= 4 is 5.91 Å². The summed E-state index contributed by atoms with van der Waals surface area (Å²) in [5.41, 5.74) is 2.94. The number of aromatic nitrogens is 1. The van der Waals surface area contributed by atoms with Crippen LogP contribution >= 0.6 is 0 Å². The fourth-order valence-electron chi connectivity index (χ4n) is 4.19. The monoisotopic (exact) mass is 444 g/mol. The van der Waals surface area contributed by atoms with Crippen LogP contribution in [0.5, 0.6) is 5.88 Å². The average molecular weight is 445 g/mol. The highest BCUT2D eigenvalue weighted by Crippen LogP contribution is 2.24. The van der Waals surface area contributed by atoms with Crippen molar-refractivity contribution in [3.05, 3.63) is 95.7 Å². The molecule has 1 fully saturated rings. The second-order valence-electron chi connectivity index (χ2n) is 8.54. The van der Waals surface area contributed by atoms with Crippen LogP contribution in [0, 0.1) is 0 Å². The number of hydrogen-bond acceptors (Lipinski definition) is 5. The van der Waals surface area contributed by atoms with E-state index in [1.165, 1.54) is 5.56 Å². The molecule has 2 unspecified atom stereocenters. The summed E-state index contributed by atoms with van der Waals surface area (Å²) in [7, 11) is 2.16. The normalized spacial score (nSPS) is 17.9. The summed E-state index contributed by atoms with van der Waals surface area (Å²) >= 11 is 0. The first kappa shape index (κ1) is 23.0. The van der Waals surface area contributed by atoms with E-state index in [-0.39, 0.29) is 12.0 Å². The lowest BCUT2D eigenvalue weighted by atomic mass is 10.0. The zero-order valence-electron chi connectivity index (χ0n) is 19.4. The Labute approximate surface area is 196 Å². The van der Waals surface area contributed by atoms with Gasteiger partial charge in [0.25, 0.3) is 5.91 Å². The molecule has 1 saturated heterocycles. The minimum Gasteiger partial charge on any atom is -0.470 e. The number of piperazine rings is 1. The van der Waals surface area contributed by atoms with Crippen LogP contribution in [0.25, 0.3) is 0 Å². The summed E-state index contributed by atoms with van der Waals surface area (Å²) in [6.07, 6.45) is 1.46. The molecule has 1 N–H and O–H groups in total. The Hall–Kier alpha value is -3.22. The average Bonchev–Trinajstić information content (AvgIpc) is 2.86. The van der Waals surface area contributed by atoms with Gasteiger partial charge in [-0.05, 0) is 31.2 Å². The van der Waals surface area contributed by atoms with E-state index in [0.717, 1.165) is 31.7 Å². The molecule has 1 aliphatic heterocycles. The van der Waals surface area contributed by atoms with E-state index in [0.29, 0.717) is 24.0 Å². The summed E-state index contributed by atoms with van der Waals surface area (Å²) in [4.78, 5) is 21.8. The number of hydrogen-bond donors (Lipinski definition) is 1. The lowest BCUT2D eigenvalue weighted by molar-refractivity contribution is 0.0843. The fourth-order valence-corrected chi connectivity index (χ4v) is 4.19. The summed E-state index contributed by atoms with van der Waals surface area (Å²) in [5.74, 6) is 0.390. The number of likely N-dealkylation sites (N-methyl/N-ethyl adjacent to an activating group) is 1. The minimum atomic E-state index is -0.115. The molecule has 3 aromatic rings. The number of ether oxygens (including phenoxy) is 1. The molecule has 1 amide bonds. The summed E-state index contributed by atoms with van der Waals surface area (Å²) in [6.45, 7) is 6.39. The van der Waals surface area contributed by atoms with Crippen LogP contribution in [-0.2, 0) is 0 Å². The maximum atomic E-state index is 12.6. The Kier molecular flexibility index (Phi) is 7.70. The van der Waals surface area contributed by atoms with Gasteiger partial charge in [-0.15, -0.1) is 0 Å². The van der Waals surface area contributed by atoms with Crippen LogP contribution in [0.2, 0.25) is 0 Å². The van der Waals surface area contributed by atoms with Gasteiger partial charge in [0.15, 0.2) is 0 Å². The van der Waals surface area contributed by atoms with Crippen molar-refractivity contribution in [1.82, 2.24) is 20.1 Å². The number of carbonyl (C=O) groups excluding carboxylic acids is 1. The van der Waals surface area contributed by atoms with Gasteiger partial charge in [-0.2, -0.15) is 0 Å². The van der Waals surface area contributed by atoms with E-state index in [1.807, 2.05) is 43.3 Å². The molecule has 0 saturated carbocycles. The van der Waals surface area contributed by atoms with E-state index in [2.05, 4.69) is 51.4 Å². The van der Waals surface area contributed by atoms with E-state index in [1.54, 1.807) is 18.3 Å². The molecule has 33 heavy (non-hydrogen) atoms. The second kappa shape index (κ2) is 11.1. The van der Waals surface area contributed by atoms with Gasteiger partial charge in [0.05, 0.1) is 5.56 Å². The third-order valence-electron chi connectivity index (χ3n) is 6.13. The molecular weight excluding hydrogens is 412 g/mol. The standard InChI is InChI=1S/C27H32N4O2/c1-21(22-9-5-3-6-10-22)33-26-14-13-24(19-29-26)27(32)28-15-16-31-18-17-30(2)20-25(31)23-11-7-4-8-12-23/h3-14,19,21,25H,15-18,20H2,1-2H3,(H,28,32). The molecule has 2 heterocycles. The first-order valence-corrected chi connectivity index (χ1v) is 11.5. The Balaban J connectivity index is 1.28. The van der Waals surface area contributed by atoms with Crippen molar-refractivity contribution in [3.63, 3.8) is 0 Å². The lowest BCUT2D eigenvalue weighted by Gasteiger charge is -2.40. The van der Waals surface area contributed by atoms with E-state index >= 15 is 0 Å². The van der Waals surface area contributed by atoms with Crippen molar-refractivity contribution in [3.8, 4) is 5.88 Å². The smallest absolute Gasteiger partial charge is 0.252 e. The number of nitrogens with zero attached hydrogens (tertiary/aromatic N) is 3. The first-order valence-electron chi connectivity index (χ1n) is 11.5. The van der Waals surface area contributed by atoms with Crippen molar-refractivity contribution in [2.75, 3.05) is 39.8 Å². The molecule has 172 valence electrons. The number of rotatable bonds is 8. The van der Waals surface area contributed by atoms with Gasteiger partial charge in [0.2, 0.25) is 5.88 Å². The highest BCUT2D eigenvalue weighted by atomic mass is 16.5. The maximum Gasteiger partial charge on any atom is 0.252 e. The van der Waals surface area contributed by atoms with Crippen molar-refractivity contribution < 1.29 is 9.53 Å². The van der Waals surface area contributed by atoms with Crippen LogP contribution in [0.1, 0.15) is 40.6 Å². The van der Waals surface area contributed by atoms with Crippen LogP contribution in [-0.4, -0.2) is 60.5 Å². The van der Waals surface area contributed by atoms with Gasteiger partial charge >= 0.3 is 0 Å². The predicted octanol–water partition coefficient (Wildman–Crippen LogP) is 3.94. The molecular formula is C27H32N4O2. The summed E-state index contributed by atoms with van der Waals surface area (Å²) in [5, 5.41) is 3.04. The number of amides is 1. The molecule has 2 atom stereocenters. The van der Waals surface area contributed by atoms with E-state index in [4.69, 9.17) is 4.74 Å². The lowest BCUT2D eigenvalue weighted by Crippen LogP contribution is -2.49. The Morgan fingerprint density at radius 2 is 1.79 bits per heavy atom. The van der Waals surface area contributed by atoms with Gasteiger partial charge in [-0.25, -0.2) is 4.98 Å². The van der Waals surface area contributed by atoms with Crippen LogP contribution < -0.4 is 10.1 Å². The zero-order valence-corrected chi connectivity index (χ0v) is 19.4. The summed E-state index contributed by atoms with van der Waals surface area (Å²) in [6, 6.07) is 24.4. The topological polar surface area (TPSA) is 57.7 Å². The maximum absolute atomic E-state index is 12.6. The van der Waals surface area contributed by atoms with Gasteiger partial charge in [-0.1, -0.05) is 60.7 Å². The molecule has 1 aliphatic rings. The number of nitrogens with one attached hydrogen (secondary N) is 1. The fraction of sp³-hybridized carbons (Fsp3) is 0.333. The molecule has 0 radical (unpaired) electrons. The van der Waals surface area contributed by atoms with E-state index in [9.17, 15) is 4.79 Å². The predicted molar refractivity (Wildman–Crippen MR) is 130 cm³/mol. The van der Waals surface area contributed by atoms with Gasteiger partial charge in [0, 0.05) is 51.0 Å². The van der Waals surface area contributed by atoms with Gasteiger partial charge in [0.1, 0.15) is 6.10 Å². The van der Waals surface area contributed by atoms with E-state index < -0.39 is 0 Å².